The molecule has 0 radical (unpaired) electrons. The van der Waals surface area contributed by atoms with Crippen molar-refractivity contribution in [3.05, 3.63) is 28.3 Å². The summed E-state index contributed by atoms with van der Waals surface area (Å²) >= 11 is 6.12. The number of ether oxygens (including phenoxy) is 1. The Balaban J connectivity index is 2.19. The first-order valence-electron chi connectivity index (χ1n) is 6.77. The smallest absolute Gasteiger partial charge is 0.126 e. The van der Waals surface area contributed by atoms with Gasteiger partial charge < -0.3 is 9.84 Å². The van der Waals surface area contributed by atoms with E-state index in [2.05, 4.69) is 13.8 Å². The molecule has 1 aromatic rings. The normalized spacial score (nSPS) is 15.6. The lowest BCUT2D eigenvalue weighted by atomic mass is 9.91. The van der Waals surface area contributed by atoms with Crippen LogP contribution in [0.2, 0.25) is 5.02 Å². The van der Waals surface area contributed by atoms with Crippen LogP contribution in [0.15, 0.2) is 12.1 Å². The molecule has 100 valence electrons. The molecule has 0 bridgehead atoms. The Morgan fingerprint density at radius 1 is 1.33 bits per heavy atom. The van der Waals surface area contributed by atoms with E-state index in [1.165, 1.54) is 5.56 Å². The molecule has 0 aromatic heterocycles. The van der Waals surface area contributed by atoms with E-state index in [4.69, 9.17) is 16.3 Å². The van der Waals surface area contributed by atoms with Crippen molar-refractivity contribution in [3.8, 4) is 5.75 Å². The highest BCUT2D eigenvalue weighted by Gasteiger charge is 2.22. The van der Waals surface area contributed by atoms with Gasteiger partial charge in [-0.25, -0.2) is 0 Å². The van der Waals surface area contributed by atoms with Crippen LogP contribution in [0.5, 0.6) is 5.75 Å². The summed E-state index contributed by atoms with van der Waals surface area (Å²) in [6.45, 7) is 4.97. The van der Waals surface area contributed by atoms with Gasteiger partial charge in [-0.2, -0.15) is 0 Å². The van der Waals surface area contributed by atoms with Gasteiger partial charge in [-0.3, -0.25) is 0 Å². The van der Waals surface area contributed by atoms with Crippen LogP contribution in [-0.2, 0) is 12.8 Å². The Morgan fingerprint density at radius 3 is 2.72 bits per heavy atom. The molecule has 3 heteroatoms. The number of aliphatic hydroxyl groups excluding tert-OH is 1. The minimum Gasteiger partial charge on any atom is -0.493 e. The number of hydrogen-bond acceptors (Lipinski definition) is 2. The van der Waals surface area contributed by atoms with Crippen LogP contribution >= 0.6 is 11.6 Å². The number of hydrogen-bond donors (Lipinski definition) is 1. The third-order valence-electron chi connectivity index (χ3n) is 3.85. The molecule has 0 saturated heterocycles. The van der Waals surface area contributed by atoms with Crippen molar-refractivity contribution in [1.29, 1.82) is 0 Å². The van der Waals surface area contributed by atoms with Crippen molar-refractivity contribution in [3.63, 3.8) is 0 Å². The van der Waals surface area contributed by atoms with Crippen molar-refractivity contribution in [2.24, 2.45) is 5.92 Å². The van der Waals surface area contributed by atoms with E-state index in [9.17, 15) is 5.11 Å². The molecule has 1 aromatic carbocycles. The predicted molar refractivity (Wildman–Crippen MR) is 74.4 cm³/mol. The van der Waals surface area contributed by atoms with E-state index in [1.807, 2.05) is 12.1 Å². The Kier molecular flexibility index (Phi) is 4.52. The minimum atomic E-state index is -0.313. The molecule has 2 rings (SSSR count). The van der Waals surface area contributed by atoms with E-state index in [0.717, 1.165) is 42.2 Å². The van der Waals surface area contributed by atoms with E-state index in [0.29, 0.717) is 12.3 Å². The van der Waals surface area contributed by atoms with Crippen LogP contribution in [0, 0.1) is 5.92 Å². The molecule has 0 fully saturated rings. The van der Waals surface area contributed by atoms with Gasteiger partial charge in [0, 0.05) is 17.9 Å². The Morgan fingerprint density at radius 2 is 2.06 bits per heavy atom. The lowest BCUT2D eigenvalue weighted by Gasteiger charge is -2.21. The first-order chi connectivity index (χ1) is 8.65. The highest BCUT2D eigenvalue weighted by molar-refractivity contribution is 6.30. The second kappa shape index (κ2) is 5.94. The average molecular weight is 269 g/mol. The zero-order valence-corrected chi connectivity index (χ0v) is 11.8. The van der Waals surface area contributed by atoms with E-state index >= 15 is 0 Å². The van der Waals surface area contributed by atoms with Gasteiger partial charge in [0.25, 0.3) is 0 Å². The lowest BCUT2D eigenvalue weighted by Crippen LogP contribution is -2.22. The number of benzene rings is 1. The summed E-state index contributed by atoms with van der Waals surface area (Å²) < 4.78 is 5.66. The summed E-state index contributed by atoms with van der Waals surface area (Å²) in [7, 11) is 0. The van der Waals surface area contributed by atoms with Crippen molar-refractivity contribution in [2.45, 2.75) is 45.6 Å². The second-order valence-corrected chi connectivity index (χ2v) is 5.44. The Labute approximate surface area is 114 Å². The van der Waals surface area contributed by atoms with Gasteiger partial charge in [-0.1, -0.05) is 38.3 Å². The fourth-order valence-electron chi connectivity index (χ4n) is 2.72. The second-order valence-electron chi connectivity index (χ2n) is 5.00. The molecule has 0 amide bonds. The fraction of sp³-hybridized carbons (Fsp3) is 0.600. The lowest BCUT2D eigenvalue weighted by molar-refractivity contribution is 0.102. The SMILES string of the molecule is CCC(CC)C(O)Cc1cc(Cl)cc2c1OCC2. The predicted octanol–water partition coefficient (Wildman–Crippen LogP) is 3.61. The third kappa shape index (κ3) is 2.81. The summed E-state index contributed by atoms with van der Waals surface area (Å²) in [5.41, 5.74) is 2.23. The maximum Gasteiger partial charge on any atom is 0.126 e. The van der Waals surface area contributed by atoms with Crippen LogP contribution in [0.25, 0.3) is 0 Å². The van der Waals surface area contributed by atoms with Crippen LogP contribution in [0.4, 0.5) is 0 Å². The average Bonchev–Trinajstić information content (AvgIpc) is 2.78. The molecule has 1 unspecified atom stereocenters. The van der Waals surface area contributed by atoms with E-state index in [-0.39, 0.29) is 6.10 Å². The number of rotatable bonds is 5. The largest absolute Gasteiger partial charge is 0.493 e. The molecular formula is C15H21ClO2. The molecule has 1 atom stereocenters. The van der Waals surface area contributed by atoms with Crippen molar-refractivity contribution in [1.82, 2.24) is 0 Å². The van der Waals surface area contributed by atoms with Crippen LogP contribution in [0.1, 0.15) is 37.8 Å². The van der Waals surface area contributed by atoms with Gasteiger partial charge in [0.2, 0.25) is 0 Å². The molecule has 0 aliphatic carbocycles. The third-order valence-corrected chi connectivity index (χ3v) is 4.07. The zero-order valence-electron chi connectivity index (χ0n) is 11.1. The monoisotopic (exact) mass is 268 g/mol. The zero-order chi connectivity index (χ0) is 13.1. The number of aliphatic hydroxyl groups is 1. The Hall–Kier alpha value is -0.730. The van der Waals surface area contributed by atoms with Crippen LogP contribution in [0.3, 0.4) is 0 Å². The highest BCUT2D eigenvalue weighted by atomic mass is 35.5. The molecule has 1 heterocycles. The molecule has 1 aliphatic heterocycles. The van der Waals surface area contributed by atoms with E-state index in [1.54, 1.807) is 0 Å². The van der Waals surface area contributed by atoms with Gasteiger partial charge in [0.15, 0.2) is 0 Å². The number of fused-ring (bicyclic) bond motifs is 1. The topological polar surface area (TPSA) is 29.5 Å². The minimum absolute atomic E-state index is 0.313. The van der Waals surface area contributed by atoms with Gasteiger partial charge in [-0.15, -0.1) is 0 Å². The maximum absolute atomic E-state index is 10.3. The maximum atomic E-state index is 10.3. The van der Waals surface area contributed by atoms with Gasteiger partial charge in [-0.05, 0) is 29.2 Å². The number of halogens is 1. The first kappa shape index (κ1) is 13.7. The van der Waals surface area contributed by atoms with Gasteiger partial charge >= 0.3 is 0 Å². The van der Waals surface area contributed by atoms with Crippen molar-refractivity contribution >= 4 is 11.6 Å². The van der Waals surface area contributed by atoms with Crippen molar-refractivity contribution in [2.75, 3.05) is 6.61 Å². The summed E-state index contributed by atoms with van der Waals surface area (Å²) in [4.78, 5) is 0. The molecule has 0 spiro atoms. The quantitative estimate of drug-likeness (QED) is 0.884. The molecule has 2 nitrogen and oxygen atoms in total. The van der Waals surface area contributed by atoms with Gasteiger partial charge in [0.1, 0.15) is 5.75 Å². The van der Waals surface area contributed by atoms with Crippen LogP contribution in [-0.4, -0.2) is 17.8 Å². The van der Waals surface area contributed by atoms with Gasteiger partial charge in [0.05, 0.1) is 12.7 Å². The molecule has 1 N–H and O–H groups in total. The summed E-state index contributed by atoms with van der Waals surface area (Å²) in [6.07, 6.45) is 3.24. The first-order valence-corrected chi connectivity index (χ1v) is 7.15. The standard InChI is InChI=1S/C15H21ClO2/c1-3-10(4-2)14(17)9-12-8-13(16)7-11-5-6-18-15(11)12/h7-8,10,14,17H,3-6,9H2,1-2H3. The van der Waals surface area contributed by atoms with E-state index < -0.39 is 0 Å². The highest BCUT2D eigenvalue weighted by Crippen LogP contribution is 2.34. The fourth-order valence-corrected chi connectivity index (χ4v) is 2.99. The molecule has 0 saturated carbocycles. The molecular weight excluding hydrogens is 248 g/mol. The Bertz CT molecular complexity index is 413. The molecule has 1 aliphatic rings. The van der Waals surface area contributed by atoms with Crippen molar-refractivity contribution < 1.29 is 9.84 Å². The molecule has 18 heavy (non-hydrogen) atoms. The van der Waals surface area contributed by atoms with Crippen LogP contribution < -0.4 is 4.74 Å². The summed E-state index contributed by atoms with van der Waals surface area (Å²) in [5, 5.41) is 11.0. The summed E-state index contributed by atoms with van der Waals surface area (Å²) in [5.74, 6) is 1.30. The summed E-state index contributed by atoms with van der Waals surface area (Å²) in [6, 6.07) is 3.90.